The van der Waals surface area contributed by atoms with Crippen molar-refractivity contribution >= 4 is 23.5 Å². The average Bonchev–Trinajstić information content (AvgIpc) is 2.88. The monoisotopic (exact) mass is 367 g/mol. The highest BCUT2D eigenvalue weighted by Crippen LogP contribution is 2.43. The number of nitrogens with zero attached hydrogens (tertiary/aromatic N) is 4. The van der Waals surface area contributed by atoms with Gasteiger partial charge in [0.25, 0.3) is 5.95 Å². The first-order valence-electron chi connectivity index (χ1n) is 8.09. The third kappa shape index (κ3) is 2.92. The van der Waals surface area contributed by atoms with Gasteiger partial charge in [0.2, 0.25) is 5.91 Å². The zero-order valence-corrected chi connectivity index (χ0v) is 15.2. The van der Waals surface area contributed by atoms with Crippen molar-refractivity contribution in [2.75, 3.05) is 18.2 Å². The molecule has 3 aromatic rings. The van der Waals surface area contributed by atoms with Gasteiger partial charge in [0.15, 0.2) is 0 Å². The molecule has 0 unspecified atom stereocenters. The molecular formula is C18H17N5O2S. The van der Waals surface area contributed by atoms with Crippen LogP contribution >= 0.6 is 11.8 Å². The minimum Gasteiger partial charge on any atom is -0.497 e. The maximum Gasteiger partial charge on any atom is 0.252 e. The van der Waals surface area contributed by atoms with E-state index >= 15 is 0 Å². The summed E-state index contributed by atoms with van der Waals surface area (Å²) in [5.41, 5.74) is 2.90. The average molecular weight is 367 g/mol. The van der Waals surface area contributed by atoms with Crippen LogP contribution in [0.4, 0.5) is 5.82 Å². The summed E-state index contributed by atoms with van der Waals surface area (Å²) in [6.45, 7) is 1.94. The molecule has 1 aliphatic rings. The van der Waals surface area contributed by atoms with Gasteiger partial charge < -0.3 is 10.1 Å². The van der Waals surface area contributed by atoms with Crippen molar-refractivity contribution in [3.8, 4) is 11.7 Å². The number of nitrogens with one attached hydrogen (secondary N) is 1. The molecule has 0 radical (unpaired) electrons. The summed E-state index contributed by atoms with van der Waals surface area (Å²) in [4.78, 5) is 20.8. The van der Waals surface area contributed by atoms with Crippen LogP contribution in [-0.2, 0) is 4.79 Å². The molecule has 0 aliphatic carbocycles. The number of ether oxygens (including phenoxy) is 1. The van der Waals surface area contributed by atoms with Gasteiger partial charge in [-0.25, -0.2) is 9.97 Å². The lowest BCUT2D eigenvalue weighted by Crippen LogP contribution is -2.16. The summed E-state index contributed by atoms with van der Waals surface area (Å²) >= 11 is 1.58. The summed E-state index contributed by atoms with van der Waals surface area (Å²) in [5.74, 6) is 2.15. The number of rotatable bonds is 3. The van der Waals surface area contributed by atoms with Crippen LogP contribution in [0.15, 0.2) is 42.7 Å². The maximum absolute atomic E-state index is 12.3. The zero-order chi connectivity index (χ0) is 18.1. The Balaban J connectivity index is 1.85. The molecule has 0 saturated heterocycles. The number of anilines is 1. The van der Waals surface area contributed by atoms with Crippen LogP contribution in [0, 0.1) is 6.92 Å². The van der Waals surface area contributed by atoms with Gasteiger partial charge in [0, 0.05) is 18.0 Å². The second-order valence-electron chi connectivity index (χ2n) is 5.82. The Kier molecular flexibility index (Phi) is 4.34. The first-order chi connectivity index (χ1) is 12.7. The van der Waals surface area contributed by atoms with Crippen LogP contribution in [0.2, 0.25) is 0 Å². The van der Waals surface area contributed by atoms with Gasteiger partial charge >= 0.3 is 0 Å². The fourth-order valence-corrected chi connectivity index (χ4v) is 4.16. The molecule has 26 heavy (non-hydrogen) atoms. The van der Waals surface area contributed by atoms with Crippen molar-refractivity contribution in [3.63, 3.8) is 0 Å². The van der Waals surface area contributed by atoms with E-state index in [0.29, 0.717) is 17.5 Å². The van der Waals surface area contributed by atoms with E-state index in [-0.39, 0.29) is 11.2 Å². The molecule has 132 valence electrons. The van der Waals surface area contributed by atoms with Gasteiger partial charge in [-0.05, 0) is 30.7 Å². The first-order valence-corrected chi connectivity index (χ1v) is 9.14. The third-order valence-corrected chi connectivity index (χ3v) is 5.44. The first kappa shape index (κ1) is 16.6. The van der Waals surface area contributed by atoms with Crippen LogP contribution in [0.25, 0.3) is 5.95 Å². The smallest absolute Gasteiger partial charge is 0.252 e. The number of thioether (sulfide) groups is 1. The van der Waals surface area contributed by atoms with Gasteiger partial charge in [-0.15, -0.1) is 11.8 Å². The number of benzene rings is 1. The van der Waals surface area contributed by atoms with E-state index in [2.05, 4.69) is 20.4 Å². The van der Waals surface area contributed by atoms with Gasteiger partial charge in [0.1, 0.15) is 11.6 Å². The largest absolute Gasteiger partial charge is 0.497 e. The summed E-state index contributed by atoms with van der Waals surface area (Å²) in [7, 11) is 1.64. The van der Waals surface area contributed by atoms with E-state index in [1.165, 1.54) is 0 Å². The Morgan fingerprint density at radius 1 is 1.23 bits per heavy atom. The number of carbonyl (C=O) groups is 1. The topological polar surface area (TPSA) is 81.9 Å². The molecule has 1 N–H and O–H groups in total. The number of aryl methyl sites for hydroxylation is 1. The molecule has 1 atom stereocenters. The summed E-state index contributed by atoms with van der Waals surface area (Å²) in [6.07, 6.45) is 3.31. The highest BCUT2D eigenvalue weighted by atomic mass is 32.2. The number of methoxy groups -OCH3 is 1. The Morgan fingerprint density at radius 3 is 2.65 bits per heavy atom. The van der Waals surface area contributed by atoms with Crippen molar-refractivity contribution < 1.29 is 9.53 Å². The van der Waals surface area contributed by atoms with E-state index in [0.717, 1.165) is 22.6 Å². The molecule has 0 saturated carbocycles. The fraction of sp³-hybridized carbons (Fsp3) is 0.222. The van der Waals surface area contributed by atoms with Gasteiger partial charge in [-0.2, -0.15) is 9.78 Å². The molecular weight excluding hydrogens is 350 g/mol. The van der Waals surface area contributed by atoms with Crippen molar-refractivity contribution in [1.82, 2.24) is 19.7 Å². The summed E-state index contributed by atoms with van der Waals surface area (Å²) in [6, 6.07) is 9.64. The number of aromatic nitrogens is 4. The van der Waals surface area contributed by atoms with E-state index in [1.54, 1.807) is 42.0 Å². The zero-order valence-electron chi connectivity index (χ0n) is 14.3. The molecule has 0 bridgehead atoms. The highest BCUT2D eigenvalue weighted by molar-refractivity contribution is 8.00. The number of carbonyl (C=O) groups excluding carboxylic acids is 1. The molecule has 4 rings (SSSR count). The predicted molar refractivity (Wildman–Crippen MR) is 99.8 cm³/mol. The lowest BCUT2D eigenvalue weighted by Gasteiger charge is -2.15. The molecule has 0 fully saturated rings. The van der Waals surface area contributed by atoms with Gasteiger partial charge in [-0.3, -0.25) is 4.79 Å². The molecule has 1 aliphatic heterocycles. The lowest BCUT2D eigenvalue weighted by atomic mass is 10.0. The van der Waals surface area contributed by atoms with Crippen LogP contribution in [-0.4, -0.2) is 38.5 Å². The second-order valence-corrected chi connectivity index (χ2v) is 6.91. The van der Waals surface area contributed by atoms with Crippen molar-refractivity contribution in [2.45, 2.75) is 12.2 Å². The number of hydrogen-bond acceptors (Lipinski definition) is 6. The van der Waals surface area contributed by atoms with Crippen LogP contribution in [0.3, 0.4) is 0 Å². The maximum atomic E-state index is 12.3. The van der Waals surface area contributed by atoms with E-state index in [1.807, 2.05) is 31.2 Å². The Morgan fingerprint density at radius 2 is 1.96 bits per heavy atom. The molecule has 1 amide bonds. The molecule has 3 heterocycles. The number of amides is 1. The molecule has 1 aromatic carbocycles. The Bertz CT molecular complexity index is 940. The van der Waals surface area contributed by atoms with Crippen LogP contribution in [0.5, 0.6) is 5.75 Å². The summed E-state index contributed by atoms with van der Waals surface area (Å²) in [5, 5.41) is 7.53. The molecule has 7 nitrogen and oxygen atoms in total. The number of fused-ring (bicyclic) bond motifs is 1. The van der Waals surface area contributed by atoms with Crippen LogP contribution in [0.1, 0.15) is 22.1 Å². The van der Waals surface area contributed by atoms with Crippen LogP contribution < -0.4 is 10.1 Å². The molecule has 8 heteroatoms. The highest BCUT2D eigenvalue weighted by Gasteiger charge is 2.31. The standard InChI is InChI=1S/C18H17N5O2S/c1-11-15-16(12-4-6-13(25-2)7-5-12)26-10-14(24)21-17(15)23(22-11)18-19-8-3-9-20-18/h3-9,16H,10H2,1-2H3,(H,21,24)/t16-/m0/s1. The quantitative estimate of drug-likeness (QED) is 0.767. The van der Waals surface area contributed by atoms with Crippen molar-refractivity contribution in [1.29, 1.82) is 0 Å². The van der Waals surface area contributed by atoms with Gasteiger partial charge in [-0.1, -0.05) is 12.1 Å². The Hall–Kier alpha value is -2.87. The van der Waals surface area contributed by atoms with E-state index in [9.17, 15) is 4.79 Å². The summed E-state index contributed by atoms with van der Waals surface area (Å²) < 4.78 is 6.85. The fourth-order valence-electron chi connectivity index (χ4n) is 2.97. The lowest BCUT2D eigenvalue weighted by molar-refractivity contribution is -0.113. The third-order valence-electron chi connectivity index (χ3n) is 4.17. The second kappa shape index (κ2) is 6.80. The van der Waals surface area contributed by atoms with Crippen molar-refractivity contribution in [2.24, 2.45) is 0 Å². The molecule has 0 spiro atoms. The van der Waals surface area contributed by atoms with Gasteiger partial charge in [0.05, 0.1) is 23.8 Å². The van der Waals surface area contributed by atoms with E-state index < -0.39 is 0 Å². The minimum atomic E-state index is -0.0654. The predicted octanol–water partition coefficient (Wildman–Crippen LogP) is 2.75. The van der Waals surface area contributed by atoms with Crippen molar-refractivity contribution in [3.05, 3.63) is 59.5 Å². The molecule has 2 aromatic heterocycles. The SMILES string of the molecule is COc1ccc([C@@H]2SCC(=O)Nc3c2c(C)nn3-c2ncccn2)cc1. The number of hydrogen-bond donors (Lipinski definition) is 1. The Labute approximate surface area is 154 Å². The minimum absolute atomic E-state index is 0.0210. The van der Waals surface area contributed by atoms with E-state index in [4.69, 9.17) is 4.74 Å². The normalized spacial score (nSPS) is 16.5.